The molecule has 3 nitrogen and oxygen atoms in total. The second-order valence-electron chi connectivity index (χ2n) is 7.45. The topological polar surface area (TPSA) is 41.1 Å². The van der Waals surface area contributed by atoms with Crippen LogP contribution in [0.25, 0.3) is 27.9 Å². The number of nitriles is 1. The normalized spacial score (nSPS) is 13.9. The highest BCUT2D eigenvalue weighted by Crippen LogP contribution is 2.39. The van der Waals surface area contributed by atoms with Gasteiger partial charge in [-0.25, -0.2) is 4.98 Å². The van der Waals surface area contributed by atoms with Crippen LogP contribution in [0.3, 0.4) is 0 Å². The lowest BCUT2D eigenvalue weighted by atomic mass is 10.0. The molecule has 1 aliphatic rings. The molecule has 0 bridgehead atoms. The van der Waals surface area contributed by atoms with Crippen LogP contribution in [0.1, 0.15) is 34.7 Å². The summed E-state index contributed by atoms with van der Waals surface area (Å²) in [7, 11) is 0. The number of hydrogen-bond donors (Lipinski definition) is 0. The van der Waals surface area contributed by atoms with E-state index in [4.69, 9.17) is 39.8 Å². The molecule has 0 saturated heterocycles. The van der Waals surface area contributed by atoms with Crippen molar-refractivity contribution in [2.45, 2.75) is 25.7 Å². The zero-order valence-electron chi connectivity index (χ0n) is 16.3. The Bertz CT molecular complexity index is 1390. The number of imidazole rings is 1. The summed E-state index contributed by atoms with van der Waals surface area (Å²) >= 11 is 20.6. The molecule has 2 aromatic carbocycles. The summed E-state index contributed by atoms with van der Waals surface area (Å²) in [6, 6.07) is 15.1. The van der Waals surface area contributed by atoms with Crippen molar-refractivity contribution < 1.29 is 0 Å². The van der Waals surface area contributed by atoms with Gasteiger partial charge in [-0.05, 0) is 67.7 Å². The Morgan fingerprint density at radius 2 is 1.87 bits per heavy atom. The Morgan fingerprint density at radius 1 is 1.06 bits per heavy atom. The number of benzene rings is 2. The van der Waals surface area contributed by atoms with Crippen LogP contribution >= 0.6 is 46.1 Å². The van der Waals surface area contributed by atoms with E-state index in [1.54, 1.807) is 35.6 Å². The number of hydrogen-bond acceptors (Lipinski definition) is 3. The number of aryl methyl sites for hydroxylation is 2. The van der Waals surface area contributed by atoms with Gasteiger partial charge in [-0.15, -0.1) is 11.3 Å². The molecule has 0 aliphatic heterocycles. The number of fused-ring (bicyclic) bond motifs is 3. The van der Waals surface area contributed by atoms with Crippen LogP contribution in [0, 0.1) is 11.3 Å². The van der Waals surface area contributed by atoms with Crippen molar-refractivity contribution in [3.63, 3.8) is 0 Å². The van der Waals surface area contributed by atoms with Crippen LogP contribution in [0.2, 0.25) is 15.1 Å². The Kier molecular flexibility index (Phi) is 5.54. The molecular weight excluding hydrogens is 469 g/mol. The lowest BCUT2D eigenvalue weighted by molar-refractivity contribution is 0.674. The third kappa shape index (κ3) is 3.77. The van der Waals surface area contributed by atoms with E-state index in [2.05, 4.69) is 10.5 Å². The molecule has 5 rings (SSSR count). The van der Waals surface area contributed by atoms with Gasteiger partial charge in [0.2, 0.25) is 0 Å². The predicted octanol–water partition coefficient (Wildman–Crippen LogP) is 7.97. The molecule has 0 atom stereocenters. The summed E-state index contributed by atoms with van der Waals surface area (Å²) in [6.07, 6.45) is 6.32. The zero-order valence-corrected chi connectivity index (χ0v) is 19.4. The Labute approximate surface area is 199 Å². The molecule has 2 heterocycles. The highest BCUT2D eigenvalue weighted by atomic mass is 35.5. The van der Waals surface area contributed by atoms with E-state index in [1.165, 1.54) is 17.0 Å². The van der Waals surface area contributed by atoms with Crippen molar-refractivity contribution in [1.29, 1.82) is 5.26 Å². The molecule has 1 aliphatic carbocycles. The van der Waals surface area contributed by atoms with Crippen LogP contribution < -0.4 is 0 Å². The number of halogens is 3. The maximum atomic E-state index is 9.95. The van der Waals surface area contributed by atoms with E-state index in [-0.39, 0.29) is 0 Å². The maximum absolute atomic E-state index is 9.95. The largest absolute Gasteiger partial charge is 0.287 e. The summed E-state index contributed by atoms with van der Waals surface area (Å²) in [5, 5.41) is 11.6. The quantitative estimate of drug-likeness (QED) is 0.277. The van der Waals surface area contributed by atoms with Gasteiger partial charge in [0.25, 0.3) is 0 Å². The maximum Gasteiger partial charge on any atom is 0.195 e. The monoisotopic (exact) mass is 483 g/mol. The Balaban J connectivity index is 1.80. The van der Waals surface area contributed by atoms with E-state index in [9.17, 15) is 5.26 Å². The van der Waals surface area contributed by atoms with Gasteiger partial charge in [0.1, 0.15) is 0 Å². The van der Waals surface area contributed by atoms with Gasteiger partial charge in [-0.2, -0.15) is 5.26 Å². The number of allylic oxidation sites excluding steroid dienone is 1. The van der Waals surface area contributed by atoms with Crippen LogP contribution in [-0.4, -0.2) is 9.38 Å². The molecule has 0 saturated carbocycles. The summed E-state index contributed by atoms with van der Waals surface area (Å²) < 4.78 is 2.20. The summed E-state index contributed by atoms with van der Waals surface area (Å²) in [5.41, 5.74) is 4.96. The van der Waals surface area contributed by atoms with Crippen LogP contribution in [-0.2, 0) is 12.8 Å². The van der Waals surface area contributed by atoms with Crippen molar-refractivity contribution >= 4 is 62.7 Å². The second-order valence-corrected chi connectivity index (χ2v) is 9.79. The van der Waals surface area contributed by atoms with Gasteiger partial charge in [-0.1, -0.05) is 46.9 Å². The highest BCUT2D eigenvalue weighted by molar-refractivity contribution is 7.17. The highest BCUT2D eigenvalue weighted by Gasteiger charge is 2.24. The summed E-state index contributed by atoms with van der Waals surface area (Å²) in [4.78, 5) is 7.24. The van der Waals surface area contributed by atoms with Crippen molar-refractivity contribution in [2.24, 2.45) is 0 Å². The second kappa shape index (κ2) is 8.33. The first-order chi connectivity index (χ1) is 15.0. The Morgan fingerprint density at radius 3 is 2.65 bits per heavy atom. The fraction of sp³-hybridized carbons (Fsp3) is 0.167. The molecule has 0 N–H and O–H groups in total. The van der Waals surface area contributed by atoms with Gasteiger partial charge in [0.15, 0.2) is 4.96 Å². The first-order valence-corrected chi connectivity index (χ1v) is 11.9. The van der Waals surface area contributed by atoms with Gasteiger partial charge in [-0.3, -0.25) is 4.40 Å². The molecule has 7 heteroatoms. The van der Waals surface area contributed by atoms with E-state index in [0.717, 1.165) is 46.7 Å². The third-order valence-electron chi connectivity index (χ3n) is 5.48. The number of thiazole rings is 1. The number of rotatable bonds is 3. The van der Waals surface area contributed by atoms with Crippen molar-refractivity contribution in [1.82, 2.24) is 9.38 Å². The van der Waals surface area contributed by atoms with Gasteiger partial charge < -0.3 is 0 Å². The van der Waals surface area contributed by atoms with Crippen molar-refractivity contribution in [3.05, 3.63) is 79.4 Å². The SMILES string of the molecule is N#C/C(=C\c1c(-c2ccc(Cl)cc2Cl)nc2sc3c(n12)CCCC3)c1cccc(Cl)c1. The number of nitrogens with zero attached hydrogens (tertiary/aromatic N) is 3. The molecule has 0 unspecified atom stereocenters. The van der Waals surface area contributed by atoms with Gasteiger partial charge in [0, 0.05) is 26.2 Å². The molecular formula is C24H16Cl3N3S. The average Bonchev–Trinajstić information content (AvgIpc) is 3.28. The van der Waals surface area contributed by atoms with E-state index < -0.39 is 0 Å². The predicted molar refractivity (Wildman–Crippen MR) is 130 cm³/mol. The molecule has 0 spiro atoms. The minimum Gasteiger partial charge on any atom is -0.287 e. The van der Waals surface area contributed by atoms with E-state index in [0.29, 0.717) is 20.6 Å². The minimum atomic E-state index is 0.520. The average molecular weight is 485 g/mol. The van der Waals surface area contributed by atoms with Crippen molar-refractivity contribution in [3.8, 4) is 17.3 Å². The molecule has 0 amide bonds. The lowest BCUT2D eigenvalue weighted by Crippen LogP contribution is -2.04. The standard InChI is InChI=1S/C24H16Cl3N3S/c25-16-5-3-4-14(10-16)15(13-28)11-21-23(18-9-8-17(26)12-19(18)27)29-24-30(21)20-6-1-2-7-22(20)31-24/h3-5,8-12H,1-2,6-7H2/b15-11+. The van der Waals surface area contributed by atoms with E-state index >= 15 is 0 Å². The number of aromatic nitrogens is 2. The third-order valence-corrected chi connectivity index (χ3v) is 7.40. The Hall–Kier alpha value is -2.29. The zero-order chi connectivity index (χ0) is 21.5. The van der Waals surface area contributed by atoms with Crippen LogP contribution in [0.5, 0.6) is 0 Å². The molecule has 154 valence electrons. The van der Waals surface area contributed by atoms with Gasteiger partial charge in [0.05, 0.1) is 28.1 Å². The lowest BCUT2D eigenvalue weighted by Gasteiger charge is -2.12. The van der Waals surface area contributed by atoms with Crippen LogP contribution in [0.15, 0.2) is 42.5 Å². The minimum absolute atomic E-state index is 0.520. The first kappa shape index (κ1) is 20.6. The molecule has 31 heavy (non-hydrogen) atoms. The molecule has 0 radical (unpaired) electrons. The molecule has 2 aromatic heterocycles. The fourth-order valence-corrected chi connectivity index (χ4v) is 5.95. The van der Waals surface area contributed by atoms with Gasteiger partial charge >= 0.3 is 0 Å². The fourth-order valence-electron chi connectivity index (χ4n) is 4.05. The first-order valence-electron chi connectivity index (χ1n) is 9.91. The molecule has 4 aromatic rings. The summed E-state index contributed by atoms with van der Waals surface area (Å²) in [6.45, 7) is 0. The van der Waals surface area contributed by atoms with E-state index in [1.807, 2.05) is 24.3 Å². The van der Waals surface area contributed by atoms with Crippen LogP contribution in [0.4, 0.5) is 0 Å². The smallest absolute Gasteiger partial charge is 0.195 e. The van der Waals surface area contributed by atoms with Crippen molar-refractivity contribution in [2.75, 3.05) is 0 Å². The molecule has 0 fully saturated rings. The summed E-state index contributed by atoms with van der Waals surface area (Å²) in [5.74, 6) is 0.